The maximum atomic E-state index is 12.6. The molecule has 1 unspecified atom stereocenters. The second-order valence-electron chi connectivity index (χ2n) is 7.27. The lowest BCUT2D eigenvalue weighted by atomic mass is 10.1. The smallest absolute Gasteiger partial charge is 0.261 e. The van der Waals surface area contributed by atoms with E-state index in [0.29, 0.717) is 22.5 Å². The maximum Gasteiger partial charge on any atom is 0.261 e. The molecule has 1 N–H and O–H groups in total. The molecule has 0 bridgehead atoms. The van der Waals surface area contributed by atoms with Crippen LogP contribution in [0.1, 0.15) is 23.6 Å². The van der Waals surface area contributed by atoms with Gasteiger partial charge >= 0.3 is 0 Å². The highest BCUT2D eigenvalue weighted by Crippen LogP contribution is 2.25. The van der Waals surface area contributed by atoms with Crippen molar-refractivity contribution in [2.24, 2.45) is 0 Å². The van der Waals surface area contributed by atoms with Crippen molar-refractivity contribution in [1.82, 2.24) is 19.8 Å². The van der Waals surface area contributed by atoms with Gasteiger partial charge in [-0.2, -0.15) is 0 Å². The fourth-order valence-electron chi connectivity index (χ4n) is 3.33. The van der Waals surface area contributed by atoms with Crippen LogP contribution in [0, 0.1) is 6.92 Å². The lowest BCUT2D eigenvalue weighted by molar-refractivity contribution is -0.121. The second-order valence-corrected chi connectivity index (χ2v) is 7.68. The third kappa shape index (κ3) is 4.83. The van der Waals surface area contributed by atoms with Crippen LogP contribution in [0.2, 0.25) is 5.02 Å². The number of para-hydroxylation sites is 1. The van der Waals surface area contributed by atoms with Gasteiger partial charge < -0.3 is 10.2 Å². The van der Waals surface area contributed by atoms with Crippen LogP contribution in [0.15, 0.2) is 53.6 Å². The van der Waals surface area contributed by atoms with Crippen LogP contribution in [-0.2, 0) is 11.3 Å². The summed E-state index contributed by atoms with van der Waals surface area (Å²) in [6.07, 6.45) is 1.71. The van der Waals surface area contributed by atoms with Crippen LogP contribution < -0.4 is 10.9 Å². The molecule has 6 nitrogen and oxygen atoms in total. The maximum absolute atomic E-state index is 12.6. The molecule has 3 rings (SSSR count). The molecule has 2 aromatic carbocycles. The fraction of sp³-hybridized carbons (Fsp3) is 0.318. The number of benzene rings is 2. The molecule has 0 spiro atoms. The molecule has 7 heteroatoms. The highest BCUT2D eigenvalue weighted by Gasteiger charge is 2.18. The van der Waals surface area contributed by atoms with Crippen molar-refractivity contribution < 1.29 is 4.79 Å². The predicted molar refractivity (Wildman–Crippen MR) is 116 cm³/mol. The number of hydrogen-bond donors (Lipinski definition) is 1. The van der Waals surface area contributed by atoms with E-state index in [-0.39, 0.29) is 30.5 Å². The SMILES string of the molecule is Cc1cccc2c(=O)n(CCC(=O)NCC(c3ccccc3Cl)N(C)C)cnc12. The molecule has 29 heavy (non-hydrogen) atoms. The Hall–Kier alpha value is -2.70. The normalized spacial score (nSPS) is 12.3. The Morgan fingerprint density at radius 1 is 1.21 bits per heavy atom. The Labute approximate surface area is 175 Å². The Bertz CT molecular complexity index is 1080. The number of amides is 1. The van der Waals surface area contributed by atoms with Gasteiger partial charge in [0.05, 0.1) is 23.3 Å². The average molecular weight is 413 g/mol. The van der Waals surface area contributed by atoms with Crippen LogP contribution >= 0.6 is 11.6 Å². The average Bonchev–Trinajstić information content (AvgIpc) is 2.69. The largest absolute Gasteiger partial charge is 0.354 e. The molecule has 0 saturated heterocycles. The number of halogens is 1. The van der Waals surface area contributed by atoms with Gasteiger partial charge in [-0.05, 0) is 44.3 Å². The van der Waals surface area contributed by atoms with Crippen molar-refractivity contribution in [3.63, 3.8) is 0 Å². The van der Waals surface area contributed by atoms with E-state index in [1.54, 1.807) is 6.07 Å². The minimum absolute atomic E-state index is 0.0410. The molecule has 1 atom stereocenters. The molecule has 0 fully saturated rings. The van der Waals surface area contributed by atoms with Gasteiger partial charge in [0, 0.05) is 24.5 Å². The molecule has 1 amide bonds. The summed E-state index contributed by atoms with van der Waals surface area (Å²) in [7, 11) is 3.89. The van der Waals surface area contributed by atoms with E-state index in [9.17, 15) is 9.59 Å². The topological polar surface area (TPSA) is 67.2 Å². The summed E-state index contributed by atoms with van der Waals surface area (Å²) < 4.78 is 1.48. The van der Waals surface area contributed by atoms with Crippen LogP contribution in [0.5, 0.6) is 0 Å². The molecule has 1 heterocycles. The first-order valence-corrected chi connectivity index (χ1v) is 9.88. The van der Waals surface area contributed by atoms with E-state index < -0.39 is 0 Å². The summed E-state index contributed by atoms with van der Waals surface area (Å²) >= 11 is 6.31. The van der Waals surface area contributed by atoms with Gasteiger partial charge in [0.25, 0.3) is 5.56 Å². The number of rotatable bonds is 7. The zero-order chi connectivity index (χ0) is 21.0. The number of aromatic nitrogens is 2. The first-order chi connectivity index (χ1) is 13.9. The number of nitrogens with one attached hydrogen (secondary N) is 1. The number of carbonyl (C=O) groups excluding carboxylic acids is 1. The van der Waals surface area contributed by atoms with Gasteiger partial charge in [0.2, 0.25) is 5.91 Å². The number of hydrogen-bond acceptors (Lipinski definition) is 4. The molecule has 0 aliphatic rings. The highest BCUT2D eigenvalue weighted by atomic mass is 35.5. The monoisotopic (exact) mass is 412 g/mol. The van der Waals surface area contributed by atoms with Crippen LogP contribution in [0.4, 0.5) is 0 Å². The second kappa shape index (κ2) is 9.20. The first kappa shape index (κ1) is 21.0. The minimum atomic E-state index is -0.131. The van der Waals surface area contributed by atoms with Crippen molar-refractivity contribution in [2.45, 2.75) is 25.9 Å². The third-order valence-corrected chi connectivity index (χ3v) is 5.36. The summed E-state index contributed by atoms with van der Waals surface area (Å²) in [5.41, 5.74) is 2.49. The Morgan fingerprint density at radius 2 is 1.97 bits per heavy atom. The van der Waals surface area contributed by atoms with E-state index in [1.165, 1.54) is 10.9 Å². The third-order valence-electron chi connectivity index (χ3n) is 5.02. The van der Waals surface area contributed by atoms with Gasteiger partial charge in [0.15, 0.2) is 0 Å². The molecule has 0 saturated carbocycles. The molecule has 152 valence electrons. The van der Waals surface area contributed by atoms with Gasteiger partial charge in [0.1, 0.15) is 0 Å². The fourth-order valence-corrected chi connectivity index (χ4v) is 3.60. The molecule has 3 aromatic rings. The van der Waals surface area contributed by atoms with E-state index in [0.717, 1.165) is 11.1 Å². The molecular formula is C22H25ClN4O2. The van der Waals surface area contributed by atoms with Crippen molar-refractivity contribution in [2.75, 3.05) is 20.6 Å². The lowest BCUT2D eigenvalue weighted by Gasteiger charge is -2.26. The number of nitrogens with zero attached hydrogens (tertiary/aromatic N) is 3. The molecule has 0 aliphatic carbocycles. The van der Waals surface area contributed by atoms with Crippen LogP contribution in [0.25, 0.3) is 10.9 Å². The summed E-state index contributed by atoms with van der Waals surface area (Å²) in [6, 6.07) is 13.1. The number of carbonyl (C=O) groups is 1. The zero-order valence-electron chi connectivity index (χ0n) is 16.9. The van der Waals surface area contributed by atoms with E-state index in [4.69, 9.17) is 11.6 Å². The Balaban J connectivity index is 1.64. The zero-order valence-corrected chi connectivity index (χ0v) is 17.6. The van der Waals surface area contributed by atoms with Crippen molar-refractivity contribution >= 4 is 28.4 Å². The van der Waals surface area contributed by atoms with Crippen molar-refractivity contribution in [3.05, 3.63) is 75.3 Å². The van der Waals surface area contributed by atoms with Crippen molar-refractivity contribution in [1.29, 1.82) is 0 Å². The number of fused-ring (bicyclic) bond motifs is 1. The number of likely N-dealkylation sites (N-methyl/N-ethyl adjacent to an activating group) is 1. The quantitative estimate of drug-likeness (QED) is 0.647. The number of aryl methyl sites for hydroxylation is 2. The molecule has 0 radical (unpaired) electrons. The van der Waals surface area contributed by atoms with Gasteiger partial charge in [-0.3, -0.25) is 14.2 Å². The van der Waals surface area contributed by atoms with Crippen LogP contribution in [0.3, 0.4) is 0 Å². The summed E-state index contributed by atoms with van der Waals surface area (Å²) in [5, 5.41) is 4.19. The summed E-state index contributed by atoms with van der Waals surface area (Å²) in [6.45, 7) is 2.63. The summed E-state index contributed by atoms with van der Waals surface area (Å²) in [4.78, 5) is 31.4. The molecule has 0 aliphatic heterocycles. The first-order valence-electron chi connectivity index (χ1n) is 9.51. The van der Waals surface area contributed by atoms with Crippen LogP contribution in [-0.4, -0.2) is 41.0 Å². The predicted octanol–water partition coefficient (Wildman–Crippen LogP) is 3.17. The Kier molecular flexibility index (Phi) is 6.67. The summed E-state index contributed by atoms with van der Waals surface area (Å²) in [5.74, 6) is -0.125. The van der Waals surface area contributed by atoms with Gasteiger partial charge in [-0.25, -0.2) is 4.98 Å². The molecule has 1 aromatic heterocycles. The van der Waals surface area contributed by atoms with E-state index >= 15 is 0 Å². The highest BCUT2D eigenvalue weighted by molar-refractivity contribution is 6.31. The standard InChI is InChI=1S/C22H25ClN4O2/c1-15-7-6-9-17-21(15)25-14-27(22(17)29)12-11-20(28)24-13-19(26(2)3)16-8-4-5-10-18(16)23/h4-10,14,19H,11-13H2,1-3H3,(H,24,28). The van der Waals surface area contributed by atoms with Gasteiger partial charge in [-0.1, -0.05) is 41.9 Å². The lowest BCUT2D eigenvalue weighted by Crippen LogP contribution is -2.35. The molecular weight excluding hydrogens is 388 g/mol. The Morgan fingerprint density at radius 3 is 2.69 bits per heavy atom. The van der Waals surface area contributed by atoms with Crippen molar-refractivity contribution in [3.8, 4) is 0 Å². The van der Waals surface area contributed by atoms with E-state index in [1.807, 2.05) is 62.3 Å². The minimum Gasteiger partial charge on any atom is -0.354 e. The van der Waals surface area contributed by atoms with E-state index in [2.05, 4.69) is 10.3 Å². The van der Waals surface area contributed by atoms with Gasteiger partial charge in [-0.15, -0.1) is 0 Å².